The minimum Gasteiger partial charge on any atom is -0.379 e. The van der Waals surface area contributed by atoms with Gasteiger partial charge in [0.15, 0.2) is 0 Å². The van der Waals surface area contributed by atoms with Crippen LogP contribution in [-0.2, 0) is 14.3 Å². The first-order valence-electron chi connectivity index (χ1n) is 12.3. The van der Waals surface area contributed by atoms with Gasteiger partial charge in [-0.05, 0) is 40.8 Å². The van der Waals surface area contributed by atoms with Crippen molar-refractivity contribution in [2.75, 3.05) is 45.9 Å². The number of carbonyl (C=O) groups is 2. The number of hydrogen-bond acceptors (Lipinski definition) is 7. The number of rotatable bonds is 8. The Morgan fingerprint density at radius 2 is 1.94 bits per heavy atom. The number of hydrogen-bond donors (Lipinski definition) is 0. The molecule has 2 amide bonds. The van der Waals surface area contributed by atoms with E-state index in [9.17, 15) is 9.59 Å². The zero-order valence-electron chi connectivity index (χ0n) is 21.2. The fourth-order valence-electron chi connectivity index (χ4n) is 4.44. The standard InChI is InChI=1S/C26H36N4O3S2/c1-19-7-15-35-25(19)21-16-20(22-6-5-14-34-22)27-30(21)24(32)18-29(23(31)17-26(2,3)4)9-8-28-10-12-33-13-11-28/h5-7,14-15,21H,8-13,16-18H2,1-4H3/t21-/m0/s1. The number of ether oxygens (including phenoxy) is 1. The third-order valence-corrected chi connectivity index (χ3v) is 8.37. The van der Waals surface area contributed by atoms with Crippen LogP contribution in [0.5, 0.6) is 0 Å². The van der Waals surface area contributed by atoms with Crippen LogP contribution in [0.1, 0.15) is 55.0 Å². The fraction of sp³-hybridized carbons (Fsp3) is 0.577. The third-order valence-electron chi connectivity index (χ3n) is 6.33. The molecule has 0 aromatic carbocycles. The van der Waals surface area contributed by atoms with Crippen molar-refractivity contribution in [2.45, 2.75) is 46.6 Å². The first-order chi connectivity index (χ1) is 16.7. The zero-order valence-corrected chi connectivity index (χ0v) is 22.8. The van der Waals surface area contributed by atoms with Crippen LogP contribution in [0, 0.1) is 12.3 Å². The molecule has 2 aliphatic rings. The second-order valence-electron chi connectivity index (χ2n) is 10.5. The van der Waals surface area contributed by atoms with Gasteiger partial charge in [0.2, 0.25) is 5.91 Å². The average molecular weight is 517 g/mol. The highest BCUT2D eigenvalue weighted by Gasteiger charge is 2.36. The molecule has 2 aromatic heterocycles. The van der Waals surface area contributed by atoms with Crippen molar-refractivity contribution in [3.05, 3.63) is 44.3 Å². The Morgan fingerprint density at radius 3 is 2.57 bits per heavy atom. The van der Waals surface area contributed by atoms with E-state index in [0.717, 1.165) is 35.1 Å². The molecule has 9 heteroatoms. The van der Waals surface area contributed by atoms with E-state index in [-0.39, 0.29) is 29.8 Å². The number of amides is 2. The first kappa shape index (κ1) is 26.0. The molecule has 0 unspecified atom stereocenters. The summed E-state index contributed by atoms with van der Waals surface area (Å²) in [6.45, 7) is 12.7. The van der Waals surface area contributed by atoms with Gasteiger partial charge in [0.1, 0.15) is 6.54 Å². The van der Waals surface area contributed by atoms with Crippen molar-refractivity contribution in [3.8, 4) is 0 Å². The molecule has 2 aliphatic heterocycles. The number of carbonyl (C=O) groups excluding carboxylic acids is 2. The summed E-state index contributed by atoms with van der Waals surface area (Å²) in [5, 5.41) is 10.5. The number of thiophene rings is 2. The van der Waals surface area contributed by atoms with E-state index >= 15 is 0 Å². The smallest absolute Gasteiger partial charge is 0.262 e. The van der Waals surface area contributed by atoms with E-state index < -0.39 is 0 Å². The quantitative estimate of drug-likeness (QED) is 0.522. The van der Waals surface area contributed by atoms with Crippen LogP contribution in [0.15, 0.2) is 34.1 Å². The van der Waals surface area contributed by atoms with Crippen LogP contribution in [0.2, 0.25) is 0 Å². The van der Waals surface area contributed by atoms with Crippen LogP contribution < -0.4 is 0 Å². The highest BCUT2D eigenvalue weighted by atomic mass is 32.1. The van der Waals surface area contributed by atoms with E-state index in [2.05, 4.69) is 50.1 Å². The number of hydrazone groups is 1. The fourth-order valence-corrected chi connectivity index (χ4v) is 6.18. The minimum absolute atomic E-state index is 0.0182. The molecular formula is C26H36N4O3S2. The summed E-state index contributed by atoms with van der Waals surface area (Å²) in [7, 11) is 0. The number of nitrogens with zero attached hydrogens (tertiary/aromatic N) is 4. The maximum atomic E-state index is 13.7. The monoisotopic (exact) mass is 516 g/mol. The molecular weight excluding hydrogens is 480 g/mol. The molecule has 0 bridgehead atoms. The predicted octanol–water partition coefficient (Wildman–Crippen LogP) is 4.39. The maximum Gasteiger partial charge on any atom is 0.262 e. The van der Waals surface area contributed by atoms with Crippen LogP contribution in [0.25, 0.3) is 0 Å². The van der Waals surface area contributed by atoms with Crippen LogP contribution >= 0.6 is 22.7 Å². The molecule has 7 nitrogen and oxygen atoms in total. The Labute approximate surface area is 216 Å². The molecule has 1 atom stereocenters. The third kappa shape index (κ3) is 6.78. The van der Waals surface area contributed by atoms with Gasteiger partial charge in [-0.1, -0.05) is 26.8 Å². The molecule has 1 saturated heterocycles. The van der Waals surface area contributed by atoms with E-state index in [4.69, 9.17) is 9.84 Å². The first-order valence-corrected chi connectivity index (χ1v) is 14.0. The van der Waals surface area contributed by atoms with Gasteiger partial charge in [-0.15, -0.1) is 22.7 Å². The number of aryl methyl sites for hydroxylation is 1. The molecule has 2 aromatic rings. The van der Waals surface area contributed by atoms with Gasteiger partial charge >= 0.3 is 0 Å². The maximum absolute atomic E-state index is 13.7. The van der Waals surface area contributed by atoms with Crippen molar-refractivity contribution in [2.24, 2.45) is 10.5 Å². The van der Waals surface area contributed by atoms with Crippen molar-refractivity contribution in [1.29, 1.82) is 0 Å². The van der Waals surface area contributed by atoms with Gasteiger partial charge < -0.3 is 9.64 Å². The predicted molar refractivity (Wildman–Crippen MR) is 142 cm³/mol. The molecule has 0 aliphatic carbocycles. The summed E-state index contributed by atoms with van der Waals surface area (Å²) >= 11 is 3.31. The summed E-state index contributed by atoms with van der Waals surface area (Å²) in [5.74, 6) is -0.108. The molecule has 0 radical (unpaired) electrons. The summed E-state index contributed by atoms with van der Waals surface area (Å²) < 4.78 is 5.45. The van der Waals surface area contributed by atoms with Gasteiger partial charge in [-0.3, -0.25) is 14.5 Å². The molecule has 1 fully saturated rings. The Bertz CT molecular complexity index is 1040. The van der Waals surface area contributed by atoms with Crippen molar-refractivity contribution in [3.63, 3.8) is 0 Å². The Hall–Kier alpha value is -2.07. The Kier molecular flexibility index (Phi) is 8.42. The molecule has 0 saturated carbocycles. The lowest BCUT2D eigenvalue weighted by molar-refractivity contribution is -0.142. The van der Waals surface area contributed by atoms with E-state index in [1.807, 2.05) is 11.4 Å². The number of morpholine rings is 1. The minimum atomic E-state index is -0.147. The second kappa shape index (κ2) is 11.3. The Morgan fingerprint density at radius 1 is 1.17 bits per heavy atom. The highest BCUT2D eigenvalue weighted by Crippen LogP contribution is 2.38. The van der Waals surface area contributed by atoms with E-state index in [1.165, 1.54) is 5.56 Å². The molecule has 4 rings (SSSR count). The topological polar surface area (TPSA) is 65.5 Å². The SMILES string of the molecule is Cc1ccsc1[C@@H]1CC(c2cccs2)=NN1C(=O)CN(CCN1CCOCC1)C(=O)CC(C)(C)C. The van der Waals surface area contributed by atoms with E-state index in [1.54, 1.807) is 32.6 Å². The summed E-state index contributed by atoms with van der Waals surface area (Å²) in [4.78, 5) is 33.3. The highest BCUT2D eigenvalue weighted by molar-refractivity contribution is 7.12. The molecule has 4 heterocycles. The normalized spacial score (nSPS) is 19.1. The van der Waals surface area contributed by atoms with E-state index in [0.29, 0.717) is 32.6 Å². The summed E-state index contributed by atoms with van der Waals surface area (Å²) in [6.07, 6.45) is 1.10. The van der Waals surface area contributed by atoms with Gasteiger partial charge in [0.25, 0.3) is 5.91 Å². The molecule has 0 spiro atoms. The average Bonchev–Trinajstić information content (AvgIpc) is 3.56. The van der Waals surface area contributed by atoms with Gasteiger partial charge in [-0.2, -0.15) is 5.10 Å². The van der Waals surface area contributed by atoms with Gasteiger partial charge in [0.05, 0.1) is 29.8 Å². The molecule has 190 valence electrons. The van der Waals surface area contributed by atoms with Gasteiger partial charge in [-0.25, -0.2) is 5.01 Å². The second-order valence-corrected chi connectivity index (χ2v) is 12.4. The van der Waals surface area contributed by atoms with Crippen LogP contribution in [-0.4, -0.2) is 78.3 Å². The summed E-state index contributed by atoms with van der Waals surface area (Å²) in [6, 6.07) is 6.03. The molecule has 0 N–H and O–H groups in total. The van der Waals surface area contributed by atoms with Gasteiger partial charge in [0, 0.05) is 43.9 Å². The Balaban J connectivity index is 1.53. The van der Waals surface area contributed by atoms with Crippen molar-refractivity contribution in [1.82, 2.24) is 14.8 Å². The van der Waals surface area contributed by atoms with Crippen molar-refractivity contribution >= 4 is 40.2 Å². The summed E-state index contributed by atoms with van der Waals surface area (Å²) in [5.41, 5.74) is 1.96. The lowest BCUT2D eigenvalue weighted by Gasteiger charge is -2.32. The lowest BCUT2D eigenvalue weighted by Crippen LogP contribution is -2.47. The lowest BCUT2D eigenvalue weighted by atomic mass is 9.91. The van der Waals surface area contributed by atoms with Crippen molar-refractivity contribution < 1.29 is 14.3 Å². The van der Waals surface area contributed by atoms with Crippen LogP contribution in [0.3, 0.4) is 0 Å². The molecule has 35 heavy (non-hydrogen) atoms. The largest absolute Gasteiger partial charge is 0.379 e. The zero-order chi connectivity index (χ0) is 25.0. The van der Waals surface area contributed by atoms with Crippen LogP contribution in [0.4, 0.5) is 0 Å².